The first-order valence-electron chi connectivity index (χ1n) is 7.13. The molecule has 2 heteroatoms. The van der Waals surface area contributed by atoms with Crippen LogP contribution in [0.2, 0.25) is 0 Å². The summed E-state index contributed by atoms with van der Waals surface area (Å²) in [6.07, 6.45) is 5.63. The van der Waals surface area contributed by atoms with E-state index in [-0.39, 0.29) is 0 Å². The lowest BCUT2D eigenvalue weighted by molar-refractivity contribution is 0.0413. The van der Waals surface area contributed by atoms with Crippen molar-refractivity contribution >= 4 is 0 Å². The van der Waals surface area contributed by atoms with Crippen LogP contribution in [0.1, 0.15) is 46.5 Å². The summed E-state index contributed by atoms with van der Waals surface area (Å²) >= 11 is 0. The first kappa shape index (κ1) is 12.4. The van der Waals surface area contributed by atoms with Crippen molar-refractivity contribution in [2.75, 3.05) is 19.6 Å². The lowest BCUT2D eigenvalue weighted by atomic mass is 9.79. The minimum Gasteiger partial charge on any atom is -0.317 e. The van der Waals surface area contributed by atoms with Crippen LogP contribution in [0, 0.1) is 11.8 Å². The normalized spacial score (nSPS) is 32.1. The van der Waals surface area contributed by atoms with Crippen LogP contribution in [-0.4, -0.2) is 36.6 Å². The van der Waals surface area contributed by atoms with Crippen LogP contribution in [0.4, 0.5) is 0 Å². The van der Waals surface area contributed by atoms with Gasteiger partial charge in [-0.2, -0.15) is 0 Å². The molecule has 94 valence electrons. The molecule has 0 unspecified atom stereocenters. The van der Waals surface area contributed by atoms with E-state index in [1.165, 1.54) is 45.3 Å². The maximum Gasteiger partial charge on any atom is 0.0103 e. The first-order valence-corrected chi connectivity index (χ1v) is 7.13. The summed E-state index contributed by atoms with van der Waals surface area (Å²) in [5, 5.41) is 3.46. The van der Waals surface area contributed by atoms with Gasteiger partial charge in [-0.25, -0.2) is 0 Å². The number of rotatable bonds is 4. The molecule has 0 bridgehead atoms. The largest absolute Gasteiger partial charge is 0.317 e. The highest BCUT2D eigenvalue weighted by atomic mass is 15.2. The Hall–Kier alpha value is -0.0800. The Balaban J connectivity index is 1.82. The number of nitrogens with one attached hydrogen (secondary N) is 1. The zero-order chi connectivity index (χ0) is 11.5. The Bertz CT molecular complexity index is 203. The van der Waals surface area contributed by atoms with Gasteiger partial charge < -0.3 is 5.32 Å². The van der Waals surface area contributed by atoms with Crippen LogP contribution in [-0.2, 0) is 0 Å². The Morgan fingerprint density at radius 2 is 1.81 bits per heavy atom. The Morgan fingerprint density at radius 3 is 2.31 bits per heavy atom. The predicted octanol–water partition coefficient (Wildman–Crippen LogP) is 2.49. The van der Waals surface area contributed by atoms with Crippen molar-refractivity contribution in [3.05, 3.63) is 0 Å². The van der Waals surface area contributed by atoms with E-state index < -0.39 is 0 Å². The highest BCUT2D eigenvalue weighted by molar-refractivity contribution is 4.88. The van der Waals surface area contributed by atoms with Crippen molar-refractivity contribution in [1.29, 1.82) is 0 Å². The number of hydrogen-bond donors (Lipinski definition) is 1. The van der Waals surface area contributed by atoms with E-state index in [9.17, 15) is 0 Å². The van der Waals surface area contributed by atoms with Gasteiger partial charge in [-0.15, -0.1) is 0 Å². The molecule has 2 fully saturated rings. The smallest absolute Gasteiger partial charge is 0.0103 e. The minimum absolute atomic E-state index is 0.729. The second-order valence-corrected chi connectivity index (χ2v) is 6.21. The maximum atomic E-state index is 3.46. The molecular formula is C14H28N2. The predicted molar refractivity (Wildman–Crippen MR) is 69.6 cm³/mol. The molecule has 0 aromatic carbocycles. The second-order valence-electron chi connectivity index (χ2n) is 6.21. The molecule has 2 rings (SSSR count). The molecule has 0 aromatic rings. The van der Waals surface area contributed by atoms with Crippen molar-refractivity contribution in [3.63, 3.8) is 0 Å². The van der Waals surface area contributed by atoms with Crippen molar-refractivity contribution in [3.8, 4) is 0 Å². The molecule has 16 heavy (non-hydrogen) atoms. The molecule has 0 spiro atoms. The van der Waals surface area contributed by atoms with Crippen molar-refractivity contribution in [2.24, 2.45) is 11.8 Å². The van der Waals surface area contributed by atoms with Crippen LogP contribution in [0.15, 0.2) is 0 Å². The lowest BCUT2D eigenvalue weighted by Gasteiger charge is -2.45. The average Bonchev–Trinajstić information content (AvgIpc) is 2.23. The first-order chi connectivity index (χ1) is 7.66. The van der Waals surface area contributed by atoms with Gasteiger partial charge in [0.05, 0.1) is 0 Å². The Morgan fingerprint density at radius 1 is 1.19 bits per heavy atom. The molecular weight excluding hydrogens is 196 g/mol. The van der Waals surface area contributed by atoms with Gasteiger partial charge in [0.2, 0.25) is 0 Å². The highest BCUT2D eigenvalue weighted by Crippen LogP contribution is 2.33. The van der Waals surface area contributed by atoms with Gasteiger partial charge in [0.15, 0.2) is 0 Å². The van der Waals surface area contributed by atoms with E-state index in [2.05, 4.69) is 31.0 Å². The van der Waals surface area contributed by atoms with Gasteiger partial charge >= 0.3 is 0 Å². The number of piperidine rings is 1. The standard InChI is InChI=1S/C14H28N2/c1-11(2)16(14-8-12(3)9-14)10-13-4-6-15-7-5-13/h11-15H,4-10H2,1-3H3. The molecule has 0 atom stereocenters. The zero-order valence-corrected chi connectivity index (χ0v) is 11.2. The van der Waals surface area contributed by atoms with Gasteiger partial charge in [-0.3, -0.25) is 4.90 Å². The fourth-order valence-electron chi connectivity index (χ4n) is 3.27. The Labute approximate surface area is 101 Å². The highest BCUT2D eigenvalue weighted by Gasteiger charge is 2.33. The van der Waals surface area contributed by atoms with Crippen molar-refractivity contribution in [1.82, 2.24) is 10.2 Å². The van der Waals surface area contributed by atoms with Crippen LogP contribution in [0.5, 0.6) is 0 Å². The van der Waals surface area contributed by atoms with E-state index in [1.54, 1.807) is 0 Å². The number of nitrogens with zero attached hydrogens (tertiary/aromatic N) is 1. The minimum atomic E-state index is 0.729. The summed E-state index contributed by atoms with van der Waals surface area (Å²) in [4.78, 5) is 2.77. The van der Waals surface area contributed by atoms with Crippen molar-refractivity contribution in [2.45, 2.75) is 58.5 Å². The molecule has 0 amide bonds. The van der Waals surface area contributed by atoms with Gasteiger partial charge in [-0.05, 0) is 64.5 Å². The van der Waals surface area contributed by atoms with Gasteiger partial charge in [0, 0.05) is 18.6 Å². The molecule has 2 aliphatic rings. The van der Waals surface area contributed by atoms with Crippen LogP contribution in [0.25, 0.3) is 0 Å². The van der Waals surface area contributed by atoms with Gasteiger partial charge in [-0.1, -0.05) is 6.92 Å². The molecule has 1 aliphatic carbocycles. The molecule has 0 aromatic heterocycles. The van der Waals surface area contributed by atoms with Crippen LogP contribution >= 0.6 is 0 Å². The molecule has 1 saturated carbocycles. The molecule has 1 heterocycles. The monoisotopic (exact) mass is 224 g/mol. The summed E-state index contributed by atoms with van der Waals surface area (Å²) in [5.41, 5.74) is 0. The van der Waals surface area contributed by atoms with E-state index in [1.807, 2.05) is 0 Å². The fraction of sp³-hybridized carbons (Fsp3) is 1.00. The van der Waals surface area contributed by atoms with Crippen molar-refractivity contribution < 1.29 is 0 Å². The molecule has 1 saturated heterocycles. The van der Waals surface area contributed by atoms with Gasteiger partial charge in [0.25, 0.3) is 0 Å². The maximum absolute atomic E-state index is 3.46. The van der Waals surface area contributed by atoms with E-state index >= 15 is 0 Å². The fourth-order valence-corrected chi connectivity index (χ4v) is 3.27. The summed E-state index contributed by atoms with van der Waals surface area (Å²) < 4.78 is 0. The molecule has 1 aliphatic heterocycles. The third-order valence-corrected chi connectivity index (χ3v) is 4.41. The van der Waals surface area contributed by atoms with E-state index in [4.69, 9.17) is 0 Å². The summed E-state index contributed by atoms with van der Waals surface area (Å²) in [6.45, 7) is 10.9. The summed E-state index contributed by atoms with van der Waals surface area (Å²) in [5.74, 6) is 1.92. The van der Waals surface area contributed by atoms with Gasteiger partial charge in [0.1, 0.15) is 0 Å². The average molecular weight is 224 g/mol. The van der Waals surface area contributed by atoms with E-state index in [0.717, 1.165) is 23.9 Å². The van der Waals surface area contributed by atoms with Crippen LogP contribution < -0.4 is 5.32 Å². The SMILES string of the molecule is CC1CC(N(CC2CCNCC2)C(C)C)C1. The number of hydrogen-bond acceptors (Lipinski definition) is 2. The molecule has 0 radical (unpaired) electrons. The molecule has 2 nitrogen and oxygen atoms in total. The second kappa shape index (κ2) is 5.50. The van der Waals surface area contributed by atoms with Crippen LogP contribution in [0.3, 0.4) is 0 Å². The summed E-state index contributed by atoms with van der Waals surface area (Å²) in [6, 6.07) is 1.62. The third-order valence-electron chi connectivity index (χ3n) is 4.41. The Kier molecular flexibility index (Phi) is 4.26. The quantitative estimate of drug-likeness (QED) is 0.789. The summed E-state index contributed by atoms with van der Waals surface area (Å²) in [7, 11) is 0. The van der Waals surface area contributed by atoms with E-state index in [0.29, 0.717) is 0 Å². The zero-order valence-electron chi connectivity index (χ0n) is 11.2. The lowest BCUT2D eigenvalue weighted by Crippen LogP contribution is -2.50. The molecule has 1 N–H and O–H groups in total. The third kappa shape index (κ3) is 2.98. The topological polar surface area (TPSA) is 15.3 Å².